The summed E-state index contributed by atoms with van der Waals surface area (Å²) in [6, 6.07) is 0. The molecule has 0 unspecified atom stereocenters. The number of aliphatic hydroxyl groups is 1. The van der Waals surface area contributed by atoms with Crippen LogP contribution in [0.15, 0.2) is 0 Å². The molecule has 3 nitrogen and oxygen atoms in total. The molecule has 1 rings (SSSR count). The second-order valence-electron chi connectivity index (χ2n) is 3.63. The van der Waals surface area contributed by atoms with Crippen molar-refractivity contribution in [1.29, 1.82) is 0 Å². The Balaban J connectivity index is 2.91. The maximum Gasteiger partial charge on any atom is 0.167 e. The zero-order chi connectivity index (χ0) is 9.95. The van der Waals surface area contributed by atoms with E-state index in [0.29, 0.717) is 12.8 Å². The maximum atomic E-state index is 11.7. The van der Waals surface area contributed by atoms with Crippen molar-refractivity contribution in [3.8, 4) is 0 Å². The van der Waals surface area contributed by atoms with Crippen LogP contribution in [0.25, 0.3) is 0 Å². The van der Waals surface area contributed by atoms with Crippen molar-refractivity contribution in [1.82, 2.24) is 0 Å². The largest absolute Gasteiger partial charge is 0.395 e. The predicted octanol–water partition coefficient (Wildman–Crippen LogP) is 1.49. The normalized spacial score (nSPS) is 22.9. The fourth-order valence-corrected chi connectivity index (χ4v) is 5.20. The van der Waals surface area contributed by atoms with Crippen LogP contribution in [0.3, 0.4) is 0 Å². The van der Waals surface area contributed by atoms with Gasteiger partial charge in [-0.3, -0.25) is 0 Å². The van der Waals surface area contributed by atoms with Gasteiger partial charge >= 0.3 is 0 Å². The molecule has 0 bridgehead atoms. The van der Waals surface area contributed by atoms with E-state index < -0.39 is 14.6 Å². The van der Waals surface area contributed by atoms with Crippen molar-refractivity contribution >= 4 is 32.4 Å². The van der Waals surface area contributed by atoms with Gasteiger partial charge in [0.05, 0.1) is 11.4 Å². The molecule has 0 aliphatic heterocycles. The SMILES string of the molecule is O=S(=O)(CI)C1(CO)CCCCC1. The van der Waals surface area contributed by atoms with Crippen LogP contribution in [0.1, 0.15) is 32.1 Å². The summed E-state index contributed by atoms with van der Waals surface area (Å²) in [6.45, 7) is -0.210. The van der Waals surface area contributed by atoms with E-state index in [9.17, 15) is 13.5 Å². The fourth-order valence-electron chi connectivity index (χ4n) is 1.88. The Bertz CT molecular complexity index is 255. The zero-order valence-corrected chi connectivity index (χ0v) is 10.5. The summed E-state index contributed by atoms with van der Waals surface area (Å²) in [5, 5.41) is 9.23. The lowest BCUT2D eigenvalue weighted by Crippen LogP contribution is -2.44. The summed E-state index contributed by atoms with van der Waals surface area (Å²) in [5.74, 6) is 0. The number of hydrogen-bond acceptors (Lipinski definition) is 3. The minimum atomic E-state index is -3.10. The molecule has 0 saturated heterocycles. The first-order valence-corrected chi connectivity index (χ1v) is 7.65. The fraction of sp³-hybridized carbons (Fsp3) is 1.00. The molecular formula is C8H15IO3S. The number of aliphatic hydroxyl groups excluding tert-OH is 1. The van der Waals surface area contributed by atoms with E-state index in [1.165, 1.54) is 0 Å². The first kappa shape index (κ1) is 11.7. The average Bonchev–Trinajstić information content (AvgIpc) is 2.18. The quantitative estimate of drug-likeness (QED) is 0.634. The molecule has 13 heavy (non-hydrogen) atoms. The Morgan fingerprint density at radius 1 is 1.23 bits per heavy atom. The lowest BCUT2D eigenvalue weighted by molar-refractivity contribution is 0.206. The molecule has 1 aliphatic rings. The highest BCUT2D eigenvalue weighted by atomic mass is 127. The molecule has 1 saturated carbocycles. The van der Waals surface area contributed by atoms with E-state index in [-0.39, 0.29) is 10.4 Å². The Hall–Kier alpha value is 0.640. The summed E-state index contributed by atoms with van der Waals surface area (Å²) in [4.78, 5) is 0. The zero-order valence-electron chi connectivity index (χ0n) is 7.50. The Morgan fingerprint density at radius 3 is 2.15 bits per heavy atom. The van der Waals surface area contributed by atoms with Gasteiger partial charge in [-0.15, -0.1) is 0 Å². The topological polar surface area (TPSA) is 54.4 Å². The van der Waals surface area contributed by atoms with Crippen LogP contribution in [0.2, 0.25) is 0 Å². The van der Waals surface area contributed by atoms with Crippen molar-refractivity contribution in [2.45, 2.75) is 36.9 Å². The maximum absolute atomic E-state index is 11.7. The number of rotatable bonds is 3. The molecule has 0 aromatic heterocycles. The van der Waals surface area contributed by atoms with E-state index in [0.717, 1.165) is 19.3 Å². The molecule has 1 fully saturated rings. The highest BCUT2D eigenvalue weighted by molar-refractivity contribution is 14.1. The van der Waals surface area contributed by atoms with Gasteiger partial charge in [0.25, 0.3) is 0 Å². The van der Waals surface area contributed by atoms with Gasteiger partial charge in [-0.05, 0) is 12.8 Å². The van der Waals surface area contributed by atoms with Gasteiger partial charge in [0, 0.05) is 0 Å². The van der Waals surface area contributed by atoms with Crippen LogP contribution in [0, 0.1) is 0 Å². The lowest BCUT2D eigenvalue weighted by Gasteiger charge is -2.34. The van der Waals surface area contributed by atoms with Crippen molar-refractivity contribution in [3.05, 3.63) is 0 Å². The van der Waals surface area contributed by atoms with Crippen LogP contribution in [0.5, 0.6) is 0 Å². The predicted molar refractivity (Wildman–Crippen MR) is 60.7 cm³/mol. The van der Waals surface area contributed by atoms with E-state index in [1.807, 2.05) is 22.6 Å². The first-order chi connectivity index (χ1) is 6.08. The van der Waals surface area contributed by atoms with Crippen LogP contribution < -0.4 is 0 Å². The van der Waals surface area contributed by atoms with E-state index in [4.69, 9.17) is 0 Å². The molecule has 0 heterocycles. The minimum Gasteiger partial charge on any atom is -0.395 e. The van der Waals surface area contributed by atoms with Crippen molar-refractivity contribution in [2.24, 2.45) is 0 Å². The molecule has 5 heteroatoms. The van der Waals surface area contributed by atoms with Crippen molar-refractivity contribution in [2.75, 3.05) is 10.4 Å². The number of alkyl halides is 1. The summed E-state index contributed by atoms with van der Waals surface area (Å²) >= 11 is 1.87. The van der Waals surface area contributed by atoms with E-state index in [2.05, 4.69) is 0 Å². The van der Waals surface area contributed by atoms with Gasteiger partial charge in [0.1, 0.15) is 3.76 Å². The molecule has 1 N–H and O–H groups in total. The van der Waals surface area contributed by atoms with Crippen LogP contribution in [0.4, 0.5) is 0 Å². The second-order valence-corrected chi connectivity index (χ2v) is 7.81. The van der Waals surface area contributed by atoms with Crippen molar-refractivity contribution in [3.63, 3.8) is 0 Å². The standard InChI is InChI=1S/C8H15IO3S/c9-7-13(11,12)8(6-10)4-2-1-3-5-8/h10H,1-7H2. The van der Waals surface area contributed by atoms with Gasteiger partial charge in [-0.2, -0.15) is 0 Å². The molecule has 78 valence electrons. The van der Waals surface area contributed by atoms with Gasteiger partial charge < -0.3 is 5.11 Å². The molecule has 1 aliphatic carbocycles. The summed E-state index contributed by atoms with van der Waals surface area (Å²) in [5.41, 5.74) is 0. The molecule has 0 spiro atoms. The molecule has 0 radical (unpaired) electrons. The van der Waals surface area contributed by atoms with Crippen molar-refractivity contribution < 1.29 is 13.5 Å². The van der Waals surface area contributed by atoms with Crippen LogP contribution >= 0.6 is 22.6 Å². The molecule has 0 amide bonds. The second kappa shape index (κ2) is 4.44. The van der Waals surface area contributed by atoms with Gasteiger partial charge in [-0.1, -0.05) is 41.9 Å². The number of hydrogen-bond donors (Lipinski definition) is 1. The Kier molecular flexibility index (Phi) is 4.00. The highest BCUT2D eigenvalue weighted by Gasteiger charge is 2.42. The smallest absolute Gasteiger partial charge is 0.167 e. The minimum absolute atomic E-state index is 0.116. The Labute approximate surface area is 93.0 Å². The molecule has 0 aromatic carbocycles. The van der Waals surface area contributed by atoms with Gasteiger partial charge in [0.2, 0.25) is 0 Å². The third-order valence-corrected chi connectivity index (χ3v) is 7.46. The third kappa shape index (κ3) is 2.18. The van der Waals surface area contributed by atoms with Gasteiger partial charge in [0.15, 0.2) is 9.84 Å². The number of sulfone groups is 1. The molecule has 0 atom stereocenters. The van der Waals surface area contributed by atoms with Crippen LogP contribution in [-0.4, -0.2) is 28.6 Å². The summed E-state index contributed by atoms with van der Waals surface area (Å²) in [6.07, 6.45) is 4.22. The first-order valence-electron chi connectivity index (χ1n) is 4.47. The van der Waals surface area contributed by atoms with Crippen LogP contribution in [-0.2, 0) is 9.84 Å². The lowest BCUT2D eigenvalue weighted by atomic mass is 9.89. The Morgan fingerprint density at radius 2 is 1.77 bits per heavy atom. The van der Waals surface area contributed by atoms with E-state index >= 15 is 0 Å². The summed E-state index contributed by atoms with van der Waals surface area (Å²) in [7, 11) is -3.10. The summed E-state index contributed by atoms with van der Waals surface area (Å²) < 4.78 is 22.8. The average molecular weight is 318 g/mol. The molecular weight excluding hydrogens is 303 g/mol. The van der Waals surface area contributed by atoms with E-state index in [1.54, 1.807) is 0 Å². The highest BCUT2D eigenvalue weighted by Crippen LogP contribution is 2.35. The van der Waals surface area contributed by atoms with Gasteiger partial charge in [-0.25, -0.2) is 8.42 Å². The molecule has 0 aromatic rings. The number of halogens is 1. The third-order valence-electron chi connectivity index (χ3n) is 2.86. The monoisotopic (exact) mass is 318 g/mol.